The Labute approximate surface area is 165 Å². The van der Waals surface area contributed by atoms with E-state index in [1.807, 2.05) is 0 Å². The standard InChI is InChI=1S/C19H12F4N4O3/c20-10-1-2-12-9(5-10)6-13(30-12)15-14-11(24-7-25-14)3-4-27(15)18(28)16-17(19(21,22)23)26-8-29-16/h1-2,5-8,15H,3-4H2,(H,24,25)/t15-/m0/s1. The number of aromatic nitrogens is 3. The van der Waals surface area contributed by atoms with Crippen molar-refractivity contribution in [3.63, 3.8) is 0 Å². The van der Waals surface area contributed by atoms with Gasteiger partial charge in [0.2, 0.25) is 5.76 Å². The lowest BCUT2D eigenvalue weighted by Crippen LogP contribution is -2.41. The van der Waals surface area contributed by atoms with Crippen LogP contribution in [0.4, 0.5) is 17.6 Å². The molecule has 1 aliphatic heterocycles. The van der Waals surface area contributed by atoms with E-state index in [4.69, 9.17) is 8.83 Å². The van der Waals surface area contributed by atoms with Crippen LogP contribution in [0.15, 0.2) is 45.8 Å². The van der Waals surface area contributed by atoms with Gasteiger partial charge in [0.25, 0.3) is 5.91 Å². The Kier molecular flexibility index (Phi) is 3.95. The molecule has 1 aromatic carbocycles. The van der Waals surface area contributed by atoms with Gasteiger partial charge in [-0.2, -0.15) is 13.2 Å². The predicted octanol–water partition coefficient (Wildman–Crippen LogP) is 4.09. The molecule has 0 saturated carbocycles. The van der Waals surface area contributed by atoms with Crippen LogP contribution in [0.1, 0.15) is 39.4 Å². The summed E-state index contributed by atoms with van der Waals surface area (Å²) >= 11 is 0. The number of imidazole rings is 1. The fraction of sp³-hybridized carbons (Fsp3) is 0.211. The third kappa shape index (κ3) is 2.85. The van der Waals surface area contributed by atoms with Crippen LogP contribution in [0, 0.1) is 5.82 Å². The first-order valence-corrected chi connectivity index (χ1v) is 8.85. The summed E-state index contributed by atoms with van der Waals surface area (Å²) in [7, 11) is 0. The molecule has 4 aromatic rings. The first kappa shape index (κ1) is 18.4. The van der Waals surface area contributed by atoms with E-state index in [9.17, 15) is 22.4 Å². The van der Waals surface area contributed by atoms with E-state index in [0.717, 1.165) is 5.69 Å². The zero-order chi connectivity index (χ0) is 21.0. The van der Waals surface area contributed by atoms with Crippen molar-refractivity contribution in [2.75, 3.05) is 6.54 Å². The average molecular weight is 420 g/mol. The summed E-state index contributed by atoms with van der Waals surface area (Å²) in [5.74, 6) is -2.13. The maximum Gasteiger partial charge on any atom is 0.437 e. The minimum Gasteiger partial charge on any atom is -0.458 e. The molecule has 0 radical (unpaired) electrons. The van der Waals surface area contributed by atoms with Gasteiger partial charge in [0.1, 0.15) is 23.2 Å². The molecular formula is C19H12F4N4O3. The van der Waals surface area contributed by atoms with Crippen molar-refractivity contribution in [1.29, 1.82) is 0 Å². The Morgan fingerprint density at radius 1 is 1.23 bits per heavy atom. The summed E-state index contributed by atoms with van der Waals surface area (Å²) in [4.78, 5) is 24.6. The lowest BCUT2D eigenvalue weighted by Gasteiger charge is -2.33. The lowest BCUT2D eigenvalue weighted by molar-refractivity contribution is -0.141. The van der Waals surface area contributed by atoms with Crippen LogP contribution in [-0.2, 0) is 12.6 Å². The zero-order valence-electron chi connectivity index (χ0n) is 15.0. The highest BCUT2D eigenvalue weighted by Crippen LogP contribution is 2.39. The first-order chi connectivity index (χ1) is 14.3. The van der Waals surface area contributed by atoms with E-state index in [-0.39, 0.29) is 12.3 Å². The summed E-state index contributed by atoms with van der Waals surface area (Å²) in [6.07, 6.45) is -2.48. The van der Waals surface area contributed by atoms with Crippen molar-refractivity contribution in [3.05, 3.63) is 71.4 Å². The Hall–Kier alpha value is -3.63. The van der Waals surface area contributed by atoms with Crippen LogP contribution in [-0.4, -0.2) is 32.3 Å². The molecule has 0 spiro atoms. The maximum atomic E-state index is 13.6. The van der Waals surface area contributed by atoms with Gasteiger partial charge in [-0.1, -0.05) is 0 Å². The number of alkyl halides is 3. The smallest absolute Gasteiger partial charge is 0.437 e. The molecule has 4 heterocycles. The fourth-order valence-electron chi connectivity index (χ4n) is 3.68. The average Bonchev–Trinajstić information content (AvgIpc) is 3.43. The highest BCUT2D eigenvalue weighted by atomic mass is 19.4. The summed E-state index contributed by atoms with van der Waals surface area (Å²) in [6.45, 7) is 0.0854. The lowest BCUT2D eigenvalue weighted by atomic mass is 9.99. The van der Waals surface area contributed by atoms with Crippen LogP contribution < -0.4 is 0 Å². The van der Waals surface area contributed by atoms with E-state index in [1.54, 1.807) is 0 Å². The number of amides is 1. The van der Waals surface area contributed by atoms with Gasteiger partial charge >= 0.3 is 6.18 Å². The van der Waals surface area contributed by atoms with Crippen molar-refractivity contribution in [1.82, 2.24) is 19.9 Å². The van der Waals surface area contributed by atoms with Crippen molar-refractivity contribution >= 4 is 16.9 Å². The van der Waals surface area contributed by atoms with Gasteiger partial charge < -0.3 is 18.7 Å². The van der Waals surface area contributed by atoms with Crippen LogP contribution in [0.3, 0.4) is 0 Å². The van der Waals surface area contributed by atoms with Crippen molar-refractivity contribution in [2.45, 2.75) is 18.6 Å². The summed E-state index contributed by atoms with van der Waals surface area (Å²) in [5, 5.41) is 0.454. The predicted molar refractivity (Wildman–Crippen MR) is 92.8 cm³/mol. The van der Waals surface area contributed by atoms with Gasteiger partial charge in [-0.3, -0.25) is 4.79 Å². The first-order valence-electron chi connectivity index (χ1n) is 8.85. The second-order valence-electron chi connectivity index (χ2n) is 6.78. The van der Waals surface area contributed by atoms with E-state index >= 15 is 0 Å². The number of aromatic amines is 1. The highest BCUT2D eigenvalue weighted by Gasteiger charge is 2.44. The van der Waals surface area contributed by atoms with Gasteiger partial charge in [-0.25, -0.2) is 14.4 Å². The number of nitrogens with zero attached hydrogens (tertiary/aromatic N) is 3. The molecule has 154 valence electrons. The Morgan fingerprint density at radius 3 is 2.87 bits per heavy atom. The van der Waals surface area contributed by atoms with E-state index in [1.165, 1.54) is 35.5 Å². The van der Waals surface area contributed by atoms with Crippen LogP contribution in [0.5, 0.6) is 0 Å². The number of fused-ring (bicyclic) bond motifs is 2. The Morgan fingerprint density at radius 2 is 2.07 bits per heavy atom. The number of rotatable bonds is 2. The number of benzene rings is 1. The number of hydrogen-bond donors (Lipinski definition) is 1. The molecule has 5 rings (SSSR count). The fourth-order valence-corrected chi connectivity index (χ4v) is 3.68. The van der Waals surface area contributed by atoms with E-state index in [2.05, 4.69) is 15.0 Å². The molecule has 0 unspecified atom stereocenters. The molecular weight excluding hydrogens is 408 g/mol. The number of carbonyl (C=O) groups is 1. The number of furan rings is 1. The number of carbonyl (C=O) groups excluding carboxylic acids is 1. The summed E-state index contributed by atoms with van der Waals surface area (Å²) in [5.41, 5.74) is 0.134. The van der Waals surface area contributed by atoms with E-state index in [0.29, 0.717) is 29.5 Å². The Bertz CT molecular complexity index is 1260. The van der Waals surface area contributed by atoms with E-state index < -0.39 is 35.4 Å². The van der Waals surface area contributed by atoms with Crippen molar-refractivity contribution in [2.24, 2.45) is 0 Å². The second-order valence-corrected chi connectivity index (χ2v) is 6.78. The van der Waals surface area contributed by atoms with Crippen LogP contribution in [0.25, 0.3) is 11.0 Å². The molecule has 0 bridgehead atoms. The highest BCUT2D eigenvalue weighted by molar-refractivity contribution is 5.93. The quantitative estimate of drug-likeness (QED) is 0.494. The number of nitrogens with one attached hydrogen (secondary N) is 1. The Balaban J connectivity index is 1.62. The largest absolute Gasteiger partial charge is 0.458 e. The van der Waals surface area contributed by atoms with Gasteiger partial charge in [0.05, 0.1) is 12.0 Å². The maximum absolute atomic E-state index is 13.6. The molecule has 1 atom stereocenters. The molecule has 7 nitrogen and oxygen atoms in total. The van der Waals surface area contributed by atoms with Crippen molar-refractivity contribution in [3.8, 4) is 0 Å². The molecule has 0 fully saturated rings. The molecule has 0 saturated heterocycles. The molecule has 3 aromatic heterocycles. The number of hydrogen-bond acceptors (Lipinski definition) is 5. The SMILES string of the molecule is O=C(c1ocnc1C(F)(F)F)N1CCc2[nH]cnc2[C@@H]1c1cc2cc(F)ccc2o1. The molecule has 1 amide bonds. The minimum atomic E-state index is -4.85. The third-order valence-corrected chi connectivity index (χ3v) is 4.98. The minimum absolute atomic E-state index is 0.0854. The van der Waals surface area contributed by atoms with Crippen molar-refractivity contribution < 1.29 is 31.2 Å². The molecule has 1 aliphatic rings. The number of halogens is 4. The number of H-pyrrole nitrogens is 1. The number of oxazole rings is 1. The zero-order valence-corrected chi connectivity index (χ0v) is 15.0. The normalized spacial score (nSPS) is 16.8. The third-order valence-electron chi connectivity index (χ3n) is 4.98. The monoisotopic (exact) mass is 420 g/mol. The van der Waals surface area contributed by atoms with Gasteiger partial charge in [0.15, 0.2) is 12.1 Å². The van der Waals surface area contributed by atoms with Gasteiger partial charge in [-0.15, -0.1) is 0 Å². The summed E-state index contributed by atoms with van der Waals surface area (Å²) in [6, 6.07) is 4.55. The molecule has 1 N–H and O–H groups in total. The molecule has 0 aliphatic carbocycles. The van der Waals surface area contributed by atoms with Crippen LogP contribution in [0.2, 0.25) is 0 Å². The van der Waals surface area contributed by atoms with Crippen LogP contribution >= 0.6 is 0 Å². The van der Waals surface area contributed by atoms with Gasteiger partial charge in [-0.05, 0) is 24.3 Å². The molecule has 30 heavy (non-hydrogen) atoms. The molecule has 11 heteroatoms. The van der Waals surface area contributed by atoms with Gasteiger partial charge in [0, 0.05) is 24.0 Å². The second kappa shape index (κ2) is 6.44. The topological polar surface area (TPSA) is 88.2 Å². The summed E-state index contributed by atoms with van der Waals surface area (Å²) < 4.78 is 63.9.